The molecule has 0 aliphatic carbocycles. The van der Waals surface area contributed by atoms with Crippen molar-refractivity contribution in [3.63, 3.8) is 0 Å². The van der Waals surface area contributed by atoms with Crippen LogP contribution < -0.4 is 0 Å². The molecule has 1 radical (unpaired) electrons. The van der Waals surface area contributed by atoms with Gasteiger partial charge < -0.3 is 0 Å². The maximum absolute atomic E-state index is 13.2. The fraction of sp³-hybridized carbons (Fsp3) is 0.0952. The van der Waals surface area contributed by atoms with Crippen molar-refractivity contribution in [2.45, 2.75) is 23.1 Å². The van der Waals surface area contributed by atoms with Gasteiger partial charge in [0.1, 0.15) is 0 Å². The number of benzene rings is 3. The molecule has 0 spiro atoms. The van der Waals surface area contributed by atoms with Crippen molar-refractivity contribution in [1.29, 1.82) is 0 Å². The number of aryl methyl sites for hydroxylation is 1. The van der Waals surface area contributed by atoms with E-state index in [4.69, 9.17) is 0 Å². The normalized spacial score (nSPS) is 12.2. The van der Waals surface area contributed by atoms with Crippen LogP contribution in [0.25, 0.3) is 0 Å². The van der Waals surface area contributed by atoms with Crippen LogP contribution in [-0.2, 0) is 26.1 Å². The van der Waals surface area contributed by atoms with E-state index >= 15 is 0 Å². The molecule has 0 saturated heterocycles. The van der Waals surface area contributed by atoms with Crippen molar-refractivity contribution in [2.75, 3.05) is 0 Å². The van der Waals surface area contributed by atoms with Crippen LogP contribution in [-0.4, -0.2) is 16.8 Å². The molecule has 139 valence electrons. The van der Waals surface area contributed by atoms with Gasteiger partial charge in [0.15, 0.2) is 0 Å². The molecule has 0 aliphatic heterocycles. The Labute approximate surface area is 160 Å². The highest BCUT2D eigenvalue weighted by Crippen LogP contribution is 2.34. The molecule has 0 aromatic heterocycles. The van der Waals surface area contributed by atoms with Crippen LogP contribution in [0.1, 0.15) is 11.1 Å². The maximum atomic E-state index is 13.2. The molecule has 0 fully saturated rings. The minimum Gasteiger partial charge on any atom is -0.222 e. The van der Waals surface area contributed by atoms with E-state index in [1.807, 2.05) is 13.0 Å². The SMILES string of the molecule is Cc1cccc(C[C](S(=O)(=O)c2ccccc2)S(=O)(=O)c2ccccc2)c1. The Balaban J connectivity index is 2.15. The van der Waals surface area contributed by atoms with Gasteiger partial charge in [-0.1, -0.05) is 66.2 Å². The third-order valence-electron chi connectivity index (χ3n) is 4.14. The third-order valence-corrected chi connectivity index (χ3v) is 8.73. The molecule has 27 heavy (non-hydrogen) atoms. The van der Waals surface area contributed by atoms with Gasteiger partial charge in [0, 0.05) is 6.42 Å². The van der Waals surface area contributed by atoms with Crippen molar-refractivity contribution in [1.82, 2.24) is 0 Å². The molecule has 3 rings (SSSR count). The molecule has 0 aliphatic rings. The van der Waals surface area contributed by atoms with Gasteiger partial charge >= 0.3 is 0 Å². The summed E-state index contributed by atoms with van der Waals surface area (Å²) < 4.78 is 52.4. The Morgan fingerprint density at radius 2 is 1.15 bits per heavy atom. The van der Waals surface area contributed by atoms with E-state index in [9.17, 15) is 16.8 Å². The van der Waals surface area contributed by atoms with Crippen LogP contribution >= 0.6 is 0 Å². The summed E-state index contributed by atoms with van der Waals surface area (Å²) in [5, 5.41) is 0. The lowest BCUT2D eigenvalue weighted by molar-refractivity contribution is 0.585. The molecule has 3 aromatic rings. The minimum absolute atomic E-state index is 0.0350. The van der Waals surface area contributed by atoms with Gasteiger partial charge in [-0.2, -0.15) is 0 Å². The Bertz CT molecular complexity index is 1050. The molecular formula is C21H19O4S2. The monoisotopic (exact) mass is 399 g/mol. The quantitative estimate of drug-likeness (QED) is 0.629. The van der Waals surface area contributed by atoms with E-state index in [1.165, 1.54) is 24.3 Å². The molecule has 0 bridgehead atoms. The molecule has 0 amide bonds. The lowest BCUT2D eigenvalue weighted by Crippen LogP contribution is -2.25. The first-order valence-electron chi connectivity index (χ1n) is 8.33. The highest BCUT2D eigenvalue weighted by molar-refractivity contribution is 8.12. The predicted molar refractivity (Wildman–Crippen MR) is 105 cm³/mol. The van der Waals surface area contributed by atoms with Crippen molar-refractivity contribution < 1.29 is 16.8 Å². The summed E-state index contributed by atoms with van der Waals surface area (Å²) in [6, 6.07) is 22.5. The second kappa shape index (κ2) is 7.66. The number of hydrogen-bond donors (Lipinski definition) is 0. The predicted octanol–water partition coefficient (Wildman–Crippen LogP) is 3.97. The highest BCUT2D eigenvalue weighted by atomic mass is 32.3. The molecule has 3 aromatic carbocycles. The fourth-order valence-corrected chi connectivity index (χ4v) is 6.79. The van der Waals surface area contributed by atoms with Gasteiger partial charge in [0.25, 0.3) is 0 Å². The summed E-state index contributed by atoms with van der Waals surface area (Å²) in [5.41, 5.74) is 1.56. The lowest BCUT2D eigenvalue weighted by Gasteiger charge is -2.18. The van der Waals surface area contributed by atoms with Crippen molar-refractivity contribution in [2.24, 2.45) is 0 Å². The van der Waals surface area contributed by atoms with Crippen molar-refractivity contribution in [3.05, 3.63) is 101 Å². The van der Waals surface area contributed by atoms with Gasteiger partial charge in [-0.25, -0.2) is 16.8 Å². The largest absolute Gasteiger partial charge is 0.222 e. The molecule has 4 nitrogen and oxygen atoms in total. The van der Waals surface area contributed by atoms with Gasteiger partial charge in [-0.05, 0) is 36.8 Å². The molecule has 0 unspecified atom stereocenters. The zero-order valence-corrected chi connectivity index (χ0v) is 16.4. The molecule has 0 saturated carbocycles. The zero-order valence-electron chi connectivity index (χ0n) is 14.7. The van der Waals surface area contributed by atoms with E-state index in [1.54, 1.807) is 54.6 Å². The van der Waals surface area contributed by atoms with Crippen molar-refractivity contribution >= 4 is 19.7 Å². The van der Waals surface area contributed by atoms with Gasteiger partial charge in [0.05, 0.1) is 9.79 Å². The lowest BCUT2D eigenvalue weighted by atomic mass is 10.1. The molecule has 0 heterocycles. The van der Waals surface area contributed by atoms with Crippen LogP contribution in [0.5, 0.6) is 0 Å². The molecular weight excluding hydrogens is 380 g/mol. The molecule has 0 atom stereocenters. The Morgan fingerprint density at radius 3 is 1.59 bits per heavy atom. The van der Waals surface area contributed by atoms with Crippen LogP contribution in [0, 0.1) is 11.5 Å². The van der Waals surface area contributed by atoms with Crippen LogP contribution in [0.4, 0.5) is 0 Å². The molecule has 6 heteroatoms. The highest BCUT2D eigenvalue weighted by Gasteiger charge is 2.41. The first-order chi connectivity index (χ1) is 12.8. The van der Waals surface area contributed by atoms with E-state index in [0.717, 1.165) is 5.56 Å². The Morgan fingerprint density at radius 1 is 0.667 bits per heavy atom. The number of rotatable bonds is 6. The van der Waals surface area contributed by atoms with E-state index in [-0.39, 0.29) is 16.2 Å². The van der Waals surface area contributed by atoms with Gasteiger partial charge in [0.2, 0.25) is 24.3 Å². The summed E-state index contributed by atoms with van der Waals surface area (Å²) in [4.78, 5) is -0.0701. The summed E-state index contributed by atoms with van der Waals surface area (Å²) in [7, 11) is -8.38. The molecule has 0 N–H and O–H groups in total. The Hall–Kier alpha value is -2.44. The fourth-order valence-electron chi connectivity index (χ4n) is 2.79. The van der Waals surface area contributed by atoms with E-state index in [2.05, 4.69) is 0 Å². The van der Waals surface area contributed by atoms with Crippen LogP contribution in [0.3, 0.4) is 0 Å². The van der Waals surface area contributed by atoms with Gasteiger partial charge in [-0.15, -0.1) is 0 Å². The summed E-state index contributed by atoms with van der Waals surface area (Å²) in [6.45, 7) is 1.88. The smallest absolute Gasteiger partial charge is 0.220 e. The van der Waals surface area contributed by atoms with Crippen LogP contribution in [0.2, 0.25) is 0 Å². The third kappa shape index (κ3) is 4.12. The minimum atomic E-state index is -4.19. The number of hydrogen-bond acceptors (Lipinski definition) is 4. The van der Waals surface area contributed by atoms with E-state index in [0.29, 0.717) is 5.56 Å². The first kappa shape index (κ1) is 19.3. The first-order valence-corrected chi connectivity index (χ1v) is 11.3. The zero-order chi connectivity index (χ0) is 19.5. The average Bonchev–Trinajstić information content (AvgIpc) is 2.67. The maximum Gasteiger partial charge on any atom is 0.220 e. The second-order valence-electron chi connectivity index (χ2n) is 6.17. The summed E-state index contributed by atoms with van der Waals surface area (Å²) >= 11 is 0. The van der Waals surface area contributed by atoms with Crippen molar-refractivity contribution in [3.8, 4) is 0 Å². The van der Waals surface area contributed by atoms with E-state index < -0.39 is 24.3 Å². The average molecular weight is 400 g/mol. The van der Waals surface area contributed by atoms with Gasteiger partial charge in [-0.3, -0.25) is 0 Å². The topological polar surface area (TPSA) is 68.3 Å². The Kier molecular flexibility index (Phi) is 5.48. The summed E-state index contributed by atoms with van der Waals surface area (Å²) in [5.74, 6) is 0. The standard InChI is InChI=1S/C21H19O4S2/c1-17-9-8-10-18(15-17)16-21(26(22,23)19-11-4-2-5-12-19)27(24,25)20-13-6-3-7-14-20/h2-15H,16H2,1H3. The van der Waals surface area contributed by atoms with Crippen LogP contribution in [0.15, 0.2) is 94.7 Å². The number of sulfone groups is 2. The second-order valence-corrected chi connectivity index (χ2v) is 10.4. The summed E-state index contributed by atoms with van der Waals surface area (Å²) in [6.07, 6.45) is -0.198.